The van der Waals surface area contributed by atoms with Crippen molar-refractivity contribution in [3.8, 4) is 0 Å². The molecule has 1 amide bonds. The van der Waals surface area contributed by atoms with Gasteiger partial charge >= 0.3 is 5.97 Å². The van der Waals surface area contributed by atoms with Gasteiger partial charge in [0.1, 0.15) is 23.9 Å². The number of esters is 1. The molecule has 2 heterocycles. The standard InChI is InChI=1S/C17H15FN2O4S/c1-9-6-12(10(2)24-9)16(22)19-17-20(8-15(21)23-3)13-5-4-11(18)7-14(13)25-17/h4-7H,8H2,1-3H3. The number of carbonyl (C=O) groups is 2. The molecule has 0 N–H and O–H groups in total. The average molecular weight is 362 g/mol. The summed E-state index contributed by atoms with van der Waals surface area (Å²) in [6.45, 7) is 3.29. The fraction of sp³-hybridized carbons (Fsp3) is 0.235. The van der Waals surface area contributed by atoms with E-state index in [4.69, 9.17) is 9.15 Å². The Morgan fingerprint density at radius 1 is 1.32 bits per heavy atom. The van der Waals surface area contributed by atoms with Gasteiger partial charge in [-0.2, -0.15) is 4.99 Å². The van der Waals surface area contributed by atoms with Gasteiger partial charge in [-0.05, 0) is 38.1 Å². The van der Waals surface area contributed by atoms with Crippen molar-refractivity contribution in [3.63, 3.8) is 0 Å². The summed E-state index contributed by atoms with van der Waals surface area (Å²) in [7, 11) is 1.27. The fourth-order valence-electron chi connectivity index (χ4n) is 2.47. The highest BCUT2D eigenvalue weighted by Crippen LogP contribution is 2.19. The second-order valence-corrected chi connectivity index (χ2v) is 6.41. The maximum Gasteiger partial charge on any atom is 0.325 e. The number of methoxy groups -OCH3 is 1. The average Bonchev–Trinajstić information content (AvgIpc) is 3.06. The number of furan rings is 1. The molecule has 1 aromatic carbocycles. The summed E-state index contributed by atoms with van der Waals surface area (Å²) in [4.78, 5) is 28.6. The number of benzene rings is 1. The summed E-state index contributed by atoms with van der Waals surface area (Å²) in [5, 5.41) is 0. The summed E-state index contributed by atoms with van der Waals surface area (Å²) >= 11 is 1.12. The van der Waals surface area contributed by atoms with Crippen LogP contribution in [-0.2, 0) is 16.1 Å². The fourth-order valence-corrected chi connectivity index (χ4v) is 3.52. The van der Waals surface area contributed by atoms with Crippen LogP contribution in [0.15, 0.2) is 33.7 Å². The zero-order valence-corrected chi connectivity index (χ0v) is 14.6. The van der Waals surface area contributed by atoms with E-state index >= 15 is 0 Å². The highest BCUT2D eigenvalue weighted by molar-refractivity contribution is 7.16. The van der Waals surface area contributed by atoms with Crippen molar-refractivity contribution < 1.29 is 23.1 Å². The van der Waals surface area contributed by atoms with Crippen LogP contribution in [0, 0.1) is 19.7 Å². The van der Waals surface area contributed by atoms with Crippen molar-refractivity contribution in [2.75, 3.05) is 7.11 Å². The van der Waals surface area contributed by atoms with E-state index in [1.54, 1.807) is 26.0 Å². The Bertz CT molecular complexity index is 1040. The number of aryl methyl sites for hydroxylation is 2. The van der Waals surface area contributed by atoms with Crippen LogP contribution in [0.2, 0.25) is 0 Å². The van der Waals surface area contributed by atoms with Crippen LogP contribution in [0.5, 0.6) is 0 Å². The molecule has 130 valence electrons. The number of hydrogen-bond acceptors (Lipinski definition) is 5. The number of aromatic nitrogens is 1. The minimum absolute atomic E-state index is 0.127. The number of rotatable bonds is 3. The van der Waals surface area contributed by atoms with Crippen molar-refractivity contribution in [2.24, 2.45) is 4.99 Å². The molecule has 0 saturated heterocycles. The molecule has 0 aliphatic carbocycles. The van der Waals surface area contributed by atoms with Gasteiger partial charge in [-0.1, -0.05) is 11.3 Å². The van der Waals surface area contributed by atoms with Gasteiger partial charge in [0.15, 0.2) is 4.80 Å². The number of fused-ring (bicyclic) bond motifs is 1. The third-order valence-corrected chi connectivity index (χ3v) is 4.67. The SMILES string of the molecule is COC(=O)Cn1c(=NC(=O)c2cc(C)oc2C)sc2cc(F)ccc21. The third kappa shape index (κ3) is 3.39. The van der Waals surface area contributed by atoms with Crippen LogP contribution >= 0.6 is 11.3 Å². The Morgan fingerprint density at radius 3 is 2.72 bits per heavy atom. The summed E-state index contributed by atoms with van der Waals surface area (Å²) in [5.41, 5.74) is 0.953. The molecule has 0 unspecified atom stereocenters. The van der Waals surface area contributed by atoms with Crippen molar-refractivity contribution in [2.45, 2.75) is 20.4 Å². The van der Waals surface area contributed by atoms with Crippen LogP contribution in [-0.4, -0.2) is 23.6 Å². The lowest BCUT2D eigenvalue weighted by Crippen LogP contribution is -2.22. The molecule has 0 radical (unpaired) electrons. The summed E-state index contributed by atoms with van der Waals surface area (Å²) in [5.74, 6) is -0.304. The molecule has 3 aromatic rings. The van der Waals surface area contributed by atoms with Crippen LogP contribution in [0.25, 0.3) is 10.2 Å². The van der Waals surface area contributed by atoms with Gasteiger partial charge in [0, 0.05) is 0 Å². The molecule has 0 saturated carbocycles. The lowest BCUT2D eigenvalue weighted by Gasteiger charge is -2.03. The van der Waals surface area contributed by atoms with Gasteiger partial charge in [0.2, 0.25) is 0 Å². The molecular weight excluding hydrogens is 347 g/mol. The molecule has 0 bridgehead atoms. The Labute approximate surface area is 146 Å². The first-order valence-electron chi connectivity index (χ1n) is 7.41. The molecule has 3 rings (SSSR count). The van der Waals surface area contributed by atoms with E-state index in [1.165, 1.54) is 23.8 Å². The van der Waals surface area contributed by atoms with E-state index in [9.17, 15) is 14.0 Å². The minimum atomic E-state index is -0.492. The molecule has 2 aromatic heterocycles. The molecule has 0 aliphatic heterocycles. The van der Waals surface area contributed by atoms with Gasteiger partial charge in [0.05, 0.1) is 22.9 Å². The van der Waals surface area contributed by atoms with E-state index < -0.39 is 17.7 Å². The quantitative estimate of drug-likeness (QED) is 0.672. The van der Waals surface area contributed by atoms with E-state index in [0.29, 0.717) is 27.3 Å². The second-order valence-electron chi connectivity index (χ2n) is 5.40. The number of thiazole rings is 1. The Kier molecular flexibility index (Phi) is 4.54. The van der Waals surface area contributed by atoms with Crippen molar-refractivity contribution in [1.82, 2.24) is 4.57 Å². The molecule has 0 fully saturated rings. The Hall–Kier alpha value is -2.74. The lowest BCUT2D eigenvalue weighted by atomic mass is 10.2. The van der Waals surface area contributed by atoms with Gasteiger partial charge in [0.25, 0.3) is 5.91 Å². The zero-order valence-electron chi connectivity index (χ0n) is 13.8. The van der Waals surface area contributed by atoms with Crippen LogP contribution < -0.4 is 4.80 Å². The molecule has 0 atom stereocenters. The first-order valence-corrected chi connectivity index (χ1v) is 8.22. The third-order valence-electron chi connectivity index (χ3n) is 3.63. The largest absolute Gasteiger partial charge is 0.468 e. The van der Waals surface area contributed by atoms with Gasteiger partial charge < -0.3 is 13.7 Å². The highest BCUT2D eigenvalue weighted by atomic mass is 32.1. The topological polar surface area (TPSA) is 73.8 Å². The Morgan fingerprint density at radius 2 is 2.08 bits per heavy atom. The molecule has 0 spiro atoms. The van der Waals surface area contributed by atoms with E-state index in [1.807, 2.05) is 0 Å². The zero-order chi connectivity index (χ0) is 18.1. The maximum atomic E-state index is 13.5. The van der Waals surface area contributed by atoms with Crippen LogP contribution in [0.3, 0.4) is 0 Å². The summed E-state index contributed by atoms with van der Waals surface area (Å²) in [6, 6.07) is 5.78. The smallest absolute Gasteiger partial charge is 0.325 e. The van der Waals surface area contributed by atoms with E-state index in [-0.39, 0.29) is 11.3 Å². The van der Waals surface area contributed by atoms with Crippen LogP contribution in [0.4, 0.5) is 4.39 Å². The summed E-state index contributed by atoms with van der Waals surface area (Å²) < 4.78 is 25.6. The number of amides is 1. The van der Waals surface area contributed by atoms with E-state index in [2.05, 4.69) is 4.99 Å². The van der Waals surface area contributed by atoms with Gasteiger partial charge in [-0.25, -0.2) is 4.39 Å². The number of nitrogens with zero attached hydrogens (tertiary/aromatic N) is 2. The predicted molar refractivity (Wildman–Crippen MR) is 89.9 cm³/mol. The lowest BCUT2D eigenvalue weighted by molar-refractivity contribution is -0.141. The molecular formula is C17H15FN2O4S. The molecule has 6 nitrogen and oxygen atoms in total. The van der Waals surface area contributed by atoms with Crippen LogP contribution in [0.1, 0.15) is 21.9 Å². The monoisotopic (exact) mass is 362 g/mol. The van der Waals surface area contributed by atoms with Crippen molar-refractivity contribution >= 4 is 33.4 Å². The number of ether oxygens (including phenoxy) is 1. The van der Waals surface area contributed by atoms with Crippen molar-refractivity contribution in [1.29, 1.82) is 0 Å². The minimum Gasteiger partial charge on any atom is -0.468 e. The highest BCUT2D eigenvalue weighted by Gasteiger charge is 2.16. The van der Waals surface area contributed by atoms with Crippen molar-refractivity contribution in [3.05, 3.63) is 52.0 Å². The molecule has 25 heavy (non-hydrogen) atoms. The second kappa shape index (κ2) is 6.64. The predicted octanol–water partition coefficient (Wildman–Crippen LogP) is 2.97. The normalized spacial score (nSPS) is 11.9. The van der Waals surface area contributed by atoms with Gasteiger partial charge in [-0.15, -0.1) is 0 Å². The Balaban J connectivity index is 2.16. The van der Waals surface area contributed by atoms with E-state index in [0.717, 1.165) is 11.3 Å². The first-order chi connectivity index (χ1) is 11.9. The molecule has 0 aliphatic rings. The number of carbonyl (C=O) groups excluding carboxylic acids is 2. The maximum absolute atomic E-state index is 13.5. The first kappa shape index (κ1) is 17.1. The molecule has 8 heteroatoms. The summed E-state index contributed by atoms with van der Waals surface area (Å²) in [6.07, 6.45) is 0. The van der Waals surface area contributed by atoms with Gasteiger partial charge in [-0.3, -0.25) is 9.59 Å². The number of hydrogen-bond donors (Lipinski definition) is 0. The number of halogens is 1.